The number of carbonyl (C=O) groups is 3. The van der Waals surface area contributed by atoms with Crippen LogP contribution >= 0.6 is 0 Å². The van der Waals surface area contributed by atoms with Crippen LogP contribution in [0.4, 0.5) is 10.8 Å². The summed E-state index contributed by atoms with van der Waals surface area (Å²) >= 11 is 0. The first-order valence-electron chi connectivity index (χ1n) is 21.2. The van der Waals surface area contributed by atoms with Gasteiger partial charge in [-0.1, -0.05) is 32.9 Å². The fourth-order valence-electron chi connectivity index (χ4n) is 10.3. The monoisotopic (exact) mass is 842 g/mol. The number of fused-ring (bicyclic) bond motifs is 6. The number of amides is 1. The standard InChI is InChI=1S/C42H62N6O12/c1-11-30-42(8)34-22(4)31(49)20(2)15-41(7)35(59-38-32(50)28(47(9)10)14-21(3)56-38)23(5)33(24(6)37(51)58-30)53-17-25(18-54-41)27(16-48(34)40(52)60-42)46-55-19-26-12-13-29-36(44-26)45-39(43)57-29/h12-13,20-25,28,30,32-35,38,50H,11,14-19H2,1-10H3,(H2,43,44,45)/b46-27-/t20-,21-,22+,23+,24-,25?,28+,30-,32-,33+,34+,35-,38+,41?,42?/m1/s1. The maximum Gasteiger partial charge on any atom is 0.411 e. The van der Waals surface area contributed by atoms with E-state index in [-0.39, 0.29) is 56.7 Å². The molecule has 5 aliphatic rings. The topological polar surface area (TPSA) is 220 Å². The number of hydrogen-bond acceptors (Lipinski definition) is 17. The third-order valence-electron chi connectivity index (χ3n) is 13.5. The molecule has 3 unspecified atom stereocenters. The van der Waals surface area contributed by atoms with Crippen molar-refractivity contribution in [3.63, 3.8) is 0 Å². The Bertz CT molecular complexity index is 1940. The lowest BCUT2D eigenvalue weighted by Gasteiger charge is -2.48. The van der Waals surface area contributed by atoms with Crippen LogP contribution in [0.5, 0.6) is 0 Å². The summed E-state index contributed by atoms with van der Waals surface area (Å²) in [6.07, 6.45) is -4.54. The van der Waals surface area contributed by atoms with Gasteiger partial charge in [0.2, 0.25) is 5.65 Å². The van der Waals surface area contributed by atoms with E-state index in [2.05, 4.69) is 15.1 Å². The molecule has 6 bridgehead atoms. The summed E-state index contributed by atoms with van der Waals surface area (Å²) in [6, 6.07) is 2.26. The van der Waals surface area contributed by atoms with Gasteiger partial charge in [-0.2, -0.15) is 4.98 Å². The number of hydrogen-bond donors (Lipinski definition) is 2. The molecule has 7 heterocycles. The molecular formula is C42H62N6O12. The van der Waals surface area contributed by atoms with E-state index in [1.54, 1.807) is 32.9 Å². The number of aromatic nitrogens is 2. The number of esters is 1. The van der Waals surface area contributed by atoms with Crippen LogP contribution in [0.25, 0.3) is 11.2 Å². The minimum atomic E-state index is -1.42. The molecule has 0 radical (unpaired) electrons. The number of anilines is 1. The number of Topliss-reactive ketones (excluding diaryl/α,β-unsaturated/α-hetero) is 1. The minimum Gasteiger partial charge on any atom is -0.458 e. The van der Waals surface area contributed by atoms with Crippen LogP contribution in [0, 0.1) is 29.6 Å². The number of aliphatic hydroxyl groups excluding tert-OH is 1. The molecule has 2 aromatic rings. The zero-order chi connectivity index (χ0) is 43.4. The Hall–Kier alpha value is -3.94. The average Bonchev–Trinajstić information content (AvgIpc) is 3.70. The van der Waals surface area contributed by atoms with Crippen LogP contribution in [-0.2, 0) is 49.5 Å². The van der Waals surface area contributed by atoms with Gasteiger partial charge < -0.3 is 53.4 Å². The molecule has 60 heavy (non-hydrogen) atoms. The predicted octanol–water partition coefficient (Wildman–Crippen LogP) is 3.71. The fraction of sp³-hybridized carbons (Fsp3) is 0.762. The first kappa shape index (κ1) is 44.1. The molecule has 5 saturated heterocycles. The van der Waals surface area contributed by atoms with Crippen molar-refractivity contribution >= 4 is 40.8 Å². The number of oxime groups is 1. The molecular weight excluding hydrogens is 780 g/mol. The number of oxazole rings is 1. The van der Waals surface area contributed by atoms with E-state index in [9.17, 15) is 19.5 Å². The number of carbonyl (C=O) groups excluding carboxylic acids is 3. The molecule has 3 N–H and O–H groups in total. The number of likely N-dealkylation sites (N-methyl/N-ethyl adjacent to an activating group) is 1. The molecule has 7 rings (SSSR count). The maximum atomic E-state index is 14.9. The number of pyridine rings is 1. The van der Waals surface area contributed by atoms with Crippen molar-refractivity contribution in [3.8, 4) is 0 Å². The van der Waals surface area contributed by atoms with Gasteiger partial charge in [-0.25, -0.2) is 9.78 Å². The second kappa shape index (κ2) is 17.1. The first-order valence-corrected chi connectivity index (χ1v) is 21.2. The SMILES string of the molecule is CC[C@H]1OC(=O)[C@H](C)[C@H]2OCC3COC(C)(C[C@@H](C)C(=O)[C@H](C)[C@@H]4N(C/C3=N/OCc3ccc5oc(N)nc5n3)C(=O)OC41C)[C@H](O[C@@H]1O[C@H](C)C[C@H](N(C)C)[C@H]1O)[C@H]2C. The average molecular weight is 843 g/mol. The summed E-state index contributed by atoms with van der Waals surface area (Å²) in [7, 11) is 3.81. The molecule has 2 aromatic heterocycles. The highest BCUT2D eigenvalue weighted by Gasteiger charge is 2.61. The van der Waals surface area contributed by atoms with E-state index in [4.69, 9.17) is 43.4 Å². The lowest BCUT2D eigenvalue weighted by Crippen LogP contribution is -2.61. The van der Waals surface area contributed by atoms with Gasteiger partial charge >= 0.3 is 12.1 Å². The van der Waals surface area contributed by atoms with Crippen molar-refractivity contribution in [2.45, 2.75) is 141 Å². The summed E-state index contributed by atoms with van der Waals surface area (Å²) in [6.45, 7) is 14.6. The molecule has 18 nitrogen and oxygen atoms in total. The zero-order valence-electron chi connectivity index (χ0n) is 36.4. The van der Waals surface area contributed by atoms with Gasteiger partial charge in [0.25, 0.3) is 6.01 Å². The lowest BCUT2D eigenvalue weighted by molar-refractivity contribution is -0.302. The van der Waals surface area contributed by atoms with Crippen molar-refractivity contribution in [2.24, 2.45) is 34.7 Å². The van der Waals surface area contributed by atoms with E-state index in [1.807, 2.05) is 53.6 Å². The van der Waals surface area contributed by atoms with Gasteiger partial charge in [0, 0.05) is 29.7 Å². The van der Waals surface area contributed by atoms with E-state index in [1.165, 1.54) is 4.90 Å². The second-order valence-electron chi connectivity index (χ2n) is 18.2. The van der Waals surface area contributed by atoms with Crippen molar-refractivity contribution in [3.05, 3.63) is 17.8 Å². The summed E-state index contributed by atoms with van der Waals surface area (Å²) in [5.41, 5.74) is 4.72. The highest BCUT2D eigenvalue weighted by atomic mass is 16.7. The third kappa shape index (κ3) is 8.22. The molecule has 15 atom stereocenters. The zero-order valence-corrected chi connectivity index (χ0v) is 36.4. The summed E-state index contributed by atoms with van der Waals surface area (Å²) in [4.78, 5) is 61.5. The Morgan fingerprint density at radius 1 is 1.07 bits per heavy atom. The molecule has 332 valence electrons. The van der Waals surface area contributed by atoms with Crippen molar-refractivity contribution in [1.29, 1.82) is 0 Å². The normalized spacial score (nSPS) is 41.1. The van der Waals surface area contributed by atoms with E-state index in [0.717, 1.165) is 0 Å². The lowest BCUT2D eigenvalue weighted by atomic mass is 9.73. The van der Waals surface area contributed by atoms with Gasteiger partial charge in [-0.3, -0.25) is 14.5 Å². The largest absolute Gasteiger partial charge is 0.458 e. The Labute approximate surface area is 350 Å². The Morgan fingerprint density at radius 2 is 1.82 bits per heavy atom. The highest BCUT2D eigenvalue weighted by Crippen LogP contribution is 2.45. The van der Waals surface area contributed by atoms with Gasteiger partial charge in [0.1, 0.15) is 18.0 Å². The number of nitrogens with two attached hydrogens (primary N) is 1. The quantitative estimate of drug-likeness (QED) is 0.300. The summed E-state index contributed by atoms with van der Waals surface area (Å²) in [5.74, 6) is -4.16. The van der Waals surface area contributed by atoms with Gasteiger partial charge in [0.15, 0.2) is 24.1 Å². The van der Waals surface area contributed by atoms with Crippen LogP contribution in [0.2, 0.25) is 0 Å². The van der Waals surface area contributed by atoms with E-state index < -0.39 is 89.6 Å². The predicted molar refractivity (Wildman–Crippen MR) is 215 cm³/mol. The Kier molecular flexibility index (Phi) is 12.6. The van der Waals surface area contributed by atoms with Crippen LogP contribution in [0.15, 0.2) is 21.7 Å². The first-order chi connectivity index (χ1) is 28.3. The molecule has 0 aromatic carbocycles. The van der Waals surface area contributed by atoms with Crippen LogP contribution < -0.4 is 5.73 Å². The molecule has 0 aliphatic carbocycles. The highest BCUT2D eigenvalue weighted by molar-refractivity contribution is 5.92. The Morgan fingerprint density at radius 3 is 2.53 bits per heavy atom. The molecule has 5 fully saturated rings. The maximum absolute atomic E-state index is 14.9. The number of cyclic esters (lactones) is 1. The van der Waals surface area contributed by atoms with Gasteiger partial charge in [-0.15, -0.1) is 0 Å². The van der Waals surface area contributed by atoms with E-state index >= 15 is 0 Å². The smallest absolute Gasteiger partial charge is 0.411 e. The molecule has 0 saturated carbocycles. The van der Waals surface area contributed by atoms with Crippen molar-refractivity contribution in [1.82, 2.24) is 19.8 Å². The summed E-state index contributed by atoms with van der Waals surface area (Å²) in [5, 5.41) is 16.4. The number of ketones is 1. The molecule has 0 spiro atoms. The van der Waals surface area contributed by atoms with Gasteiger partial charge in [0.05, 0.1) is 67.0 Å². The number of nitrogens with zero attached hydrogens (tertiary/aromatic N) is 5. The van der Waals surface area contributed by atoms with Crippen LogP contribution in [0.1, 0.15) is 80.3 Å². The van der Waals surface area contributed by atoms with Crippen LogP contribution in [-0.4, -0.2) is 142 Å². The van der Waals surface area contributed by atoms with Gasteiger partial charge in [-0.05, 0) is 73.2 Å². The second-order valence-corrected chi connectivity index (χ2v) is 18.2. The van der Waals surface area contributed by atoms with Crippen LogP contribution in [0.3, 0.4) is 0 Å². The minimum absolute atomic E-state index is 0.00290. The molecule has 1 amide bonds. The number of rotatable bonds is 7. The molecule has 5 aliphatic heterocycles. The number of aliphatic hydroxyl groups is 1. The molecule has 18 heteroatoms. The van der Waals surface area contributed by atoms with Crippen molar-refractivity contribution in [2.75, 3.05) is 39.6 Å². The number of ether oxygens (including phenoxy) is 6. The fourth-order valence-corrected chi connectivity index (χ4v) is 10.3. The Balaban J connectivity index is 1.36. The number of nitrogen functional groups attached to an aromatic ring is 1. The van der Waals surface area contributed by atoms with E-state index in [0.29, 0.717) is 35.5 Å². The van der Waals surface area contributed by atoms with Crippen molar-refractivity contribution < 1.29 is 57.2 Å². The third-order valence-corrected chi connectivity index (χ3v) is 13.5. The summed E-state index contributed by atoms with van der Waals surface area (Å²) < 4.78 is 45.1.